The average Bonchev–Trinajstić information content (AvgIpc) is 2.36. The highest BCUT2D eigenvalue weighted by atomic mass is 79.9. The summed E-state index contributed by atoms with van der Waals surface area (Å²) in [6, 6.07) is 6.63. The Kier molecular flexibility index (Phi) is 6.34. The van der Waals surface area contributed by atoms with Gasteiger partial charge in [-0.15, -0.1) is 0 Å². The topological polar surface area (TPSA) is 9.23 Å². The number of hydrogen-bond donors (Lipinski definition) is 0. The molecule has 1 unspecified atom stereocenters. The van der Waals surface area contributed by atoms with Gasteiger partial charge in [-0.1, -0.05) is 76.5 Å². The van der Waals surface area contributed by atoms with Crippen molar-refractivity contribution in [2.24, 2.45) is 11.3 Å². The van der Waals surface area contributed by atoms with Gasteiger partial charge in [0.2, 0.25) is 0 Å². The Bertz CT molecular complexity index is 452. The summed E-state index contributed by atoms with van der Waals surface area (Å²) in [5.74, 6) is 1.53. The normalized spacial score (nSPS) is 14.1. The minimum atomic E-state index is 0.103. The molecule has 0 spiro atoms. The Morgan fingerprint density at radius 1 is 1.10 bits per heavy atom. The van der Waals surface area contributed by atoms with Gasteiger partial charge in [0.05, 0.1) is 6.61 Å². The fraction of sp³-hybridized carbons (Fsp3) is 0.684. The van der Waals surface area contributed by atoms with Gasteiger partial charge in [0.25, 0.3) is 0 Å². The zero-order valence-electron chi connectivity index (χ0n) is 14.7. The number of ether oxygens (including phenoxy) is 1. The van der Waals surface area contributed by atoms with Crippen LogP contribution in [-0.2, 0) is 11.8 Å². The van der Waals surface area contributed by atoms with Crippen LogP contribution in [0.5, 0.6) is 5.75 Å². The van der Waals surface area contributed by atoms with Crippen LogP contribution in [0, 0.1) is 11.3 Å². The first-order chi connectivity index (χ1) is 9.59. The smallest absolute Gasteiger partial charge is 0.123 e. The van der Waals surface area contributed by atoms with Crippen LogP contribution in [-0.4, -0.2) is 11.9 Å². The summed E-state index contributed by atoms with van der Waals surface area (Å²) in [6.45, 7) is 16.5. The molecule has 0 amide bonds. The molecule has 1 aromatic carbocycles. The van der Waals surface area contributed by atoms with Crippen LogP contribution < -0.4 is 4.74 Å². The molecule has 1 atom stereocenters. The van der Waals surface area contributed by atoms with Crippen LogP contribution in [0.25, 0.3) is 0 Å². The van der Waals surface area contributed by atoms with E-state index < -0.39 is 0 Å². The zero-order valence-corrected chi connectivity index (χ0v) is 16.3. The Balaban J connectivity index is 2.98. The quantitative estimate of drug-likeness (QED) is 0.590. The van der Waals surface area contributed by atoms with Gasteiger partial charge in [-0.3, -0.25) is 0 Å². The maximum absolute atomic E-state index is 6.21. The fourth-order valence-corrected chi connectivity index (χ4v) is 3.38. The molecule has 0 bridgehead atoms. The highest BCUT2D eigenvalue weighted by molar-refractivity contribution is 9.09. The van der Waals surface area contributed by atoms with Crippen molar-refractivity contribution in [3.63, 3.8) is 0 Å². The predicted octanol–water partition coefficient (Wildman–Crippen LogP) is 5.98. The van der Waals surface area contributed by atoms with Crippen molar-refractivity contribution in [2.45, 2.75) is 60.3 Å². The Morgan fingerprint density at radius 3 is 2.14 bits per heavy atom. The standard InChI is InChI=1S/C19H31BrO/c1-8-14-9-10-17(16(11-14)19(5,6)7)21-13-15(12-20)18(2,3)4/h9-11,15H,8,12-13H2,1-7H3. The Labute approximate surface area is 139 Å². The molecule has 0 N–H and O–H groups in total. The molecule has 0 aliphatic carbocycles. The molecule has 1 rings (SSSR count). The molecule has 0 aliphatic rings. The van der Waals surface area contributed by atoms with E-state index in [0.717, 1.165) is 24.1 Å². The van der Waals surface area contributed by atoms with Crippen molar-refractivity contribution in [1.29, 1.82) is 0 Å². The minimum Gasteiger partial charge on any atom is -0.493 e. The van der Waals surface area contributed by atoms with E-state index in [4.69, 9.17) is 4.74 Å². The van der Waals surface area contributed by atoms with Crippen LogP contribution in [0.1, 0.15) is 59.6 Å². The highest BCUT2D eigenvalue weighted by Gasteiger charge is 2.25. The van der Waals surface area contributed by atoms with E-state index >= 15 is 0 Å². The highest BCUT2D eigenvalue weighted by Crippen LogP contribution is 2.34. The minimum absolute atomic E-state index is 0.103. The number of aryl methyl sites for hydroxylation is 1. The van der Waals surface area contributed by atoms with Crippen LogP contribution >= 0.6 is 15.9 Å². The van der Waals surface area contributed by atoms with E-state index in [1.807, 2.05) is 0 Å². The predicted molar refractivity (Wildman–Crippen MR) is 96.8 cm³/mol. The first-order valence-electron chi connectivity index (χ1n) is 7.91. The van der Waals surface area contributed by atoms with Gasteiger partial charge < -0.3 is 4.74 Å². The van der Waals surface area contributed by atoms with E-state index in [2.05, 4.69) is 82.6 Å². The second kappa shape index (κ2) is 7.17. The SMILES string of the molecule is CCc1ccc(OCC(CBr)C(C)(C)C)c(C(C)(C)C)c1. The first-order valence-corrected chi connectivity index (χ1v) is 9.04. The molecule has 1 aromatic rings. The monoisotopic (exact) mass is 354 g/mol. The van der Waals surface area contributed by atoms with Crippen LogP contribution in [0.2, 0.25) is 0 Å². The van der Waals surface area contributed by atoms with Crippen LogP contribution in [0.15, 0.2) is 18.2 Å². The summed E-state index contributed by atoms with van der Waals surface area (Å²) in [5.41, 5.74) is 3.03. The molecular weight excluding hydrogens is 324 g/mol. The van der Waals surface area contributed by atoms with E-state index in [-0.39, 0.29) is 10.8 Å². The van der Waals surface area contributed by atoms with E-state index in [1.54, 1.807) is 0 Å². The van der Waals surface area contributed by atoms with Gasteiger partial charge in [-0.2, -0.15) is 0 Å². The first kappa shape index (κ1) is 18.5. The van der Waals surface area contributed by atoms with Crippen LogP contribution in [0.4, 0.5) is 0 Å². The van der Waals surface area contributed by atoms with Crippen LogP contribution in [0.3, 0.4) is 0 Å². The fourth-order valence-electron chi connectivity index (χ4n) is 2.23. The number of alkyl halides is 1. The summed E-state index contributed by atoms with van der Waals surface area (Å²) >= 11 is 3.63. The molecule has 1 nitrogen and oxygen atoms in total. The molecule has 0 aromatic heterocycles. The molecule has 21 heavy (non-hydrogen) atoms. The Morgan fingerprint density at radius 2 is 1.71 bits per heavy atom. The maximum atomic E-state index is 6.21. The molecule has 0 radical (unpaired) electrons. The maximum Gasteiger partial charge on any atom is 0.123 e. The van der Waals surface area contributed by atoms with Crippen molar-refractivity contribution < 1.29 is 4.74 Å². The van der Waals surface area contributed by atoms with Crippen molar-refractivity contribution >= 4 is 15.9 Å². The summed E-state index contributed by atoms with van der Waals surface area (Å²) in [6.07, 6.45) is 1.06. The molecule has 2 heteroatoms. The third-order valence-electron chi connectivity index (χ3n) is 4.11. The molecule has 0 saturated heterocycles. The zero-order chi connectivity index (χ0) is 16.3. The molecule has 0 saturated carbocycles. The average molecular weight is 355 g/mol. The number of rotatable bonds is 5. The summed E-state index contributed by atoms with van der Waals surface area (Å²) in [4.78, 5) is 0. The van der Waals surface area contributed by atoms with Crippen molar-refractivity contribution in [3.05, 3.63) is 29.3 Å². The lowest BCUT2D eigenvalue weighted by molar-refractivity contribution is 0.164. The van der Waals surface area contributed by atoms with Gasteiger partial charge >= 0.3 is 0 Å². The number of benzene rings is 1. The van der Waals surface area contributed by atoms with Gasteiger partial charge in [-0.05, 0) is 34.4 Å². The van der Waals surface area contributed by atoms with Gasteiger partial charge in [-0.25, -0.2) is 0 Å². The molecular formula is C19H31BrO. The van der Waals surface area contributed by atoms with Crippen molar-refractivity contribution in [1.82, 2.24) is 0 Å². The van der Waals surface area contributed by atoms with Gasteiger partial charge in [0.1, 0.15) is 5.75 Å². The lowest BCUT2D eigenvalue weighted by Crippen LogP contribution is -2.28. The Hall–Kier alpha value is -0.500. The van der Waals surface area contributed by atoms with Crippen molar-refractivity contribution in [3.8, 4) is 5.75 Å². The van der Waals surface area contributed by atoms with Gasteiger partial charge in [0, 0.05) is 11.2 Å². The van der Waals surface area contributed by atoms with E-state index in [1.165, 1.54) is 11.1 Å². The molecule has 0 heterocycles. The lowest BCUT2D eigenvalue weighted by Gasteiger charge is -2.30. The summed E-state index contributed by atoms with van der Waals surface area (Å²) in [7, 11) is 0. The largest absolute Gasteiger partial charge is 0.493 e. The molecule has 0 fully saturated rings. The van der Waals surface area contributed by atoms with Crippen molar-refractivity contribution in [2.75, 3.05) is 11.9 Å². The van der Waals surface area contributed by atoms with E-state index in [0.29, 0.717) is 5.92 Å². The molecule has 0 aliphatic heterocycles. The number of hydrogen-bond acceptors (Lipinski definition) is 1. The number of halogens is 1. The summed E-state index contributed by atoms with van der Waals surface area (Å²) in [5, 5.41) is 0.967. The second-order valence-electron chi connectivity index (χ2n) is 7.96. The molecule has 120 valence electrons. The van der Waals surface area contributed by atoms with E-state index in [9.17, 15) is 0 Å². The summed E-state index contributed by atoms with van der Waals surface area (Å²) < 4.78 is 6.21. The second-order valence-corrected chi connectivity index (χ2v) is 8.61. The van der Waals surface area contributed by atoms with Gasteiger partial charge in [0.15, 0.2) is 0 Å². The third kappa shape index (κ3) is 5.32. The third-order valence-corrected chi connectivity index (χ3v) is 4.89. The lowest BCUT2D eigenvalue weighted by atomic mass is 9.82.